The summed E-state index contributed by atoms with van der Waals surface area (Å²) < 4.78 is 26.7. The molecule has 0 bridgehead atoms. The van der Waals surface area contributed by atoms with E-state index in [2.05, 4.69) is 4.72 Å². The normalized spacial score (nSPS) is 14.3. The van der Waals surface area contributed by atoms with Gasteiger partial charge in [-0.1, -0.05) is 25.4 Å². The average Bonchev–Trinajstić information content (AvgIpc) is 2.61. The molecule has 0 unspecified atom stereocenters. The highest BCUT2D eigenvalue weighted by Gasteiger charge is 2.23. The minimum atomic E-state index is -3.57. The third kappa shape index (κ3) is 3.43. The van der Waals surface area contributed by atoms with Crippen molar-refractivity contribution in [2.45, 2.75) is 24.1 Å². The summed E-state index contributed by atoms with van der Waals surface area (Å²) in [5.41, 5.74) is 0. The molecule has 1 aromatic heterocycles. The highest BCUT2D eigenvalue weighted by atomic mass is 35.5. The van der Waals surface area contributed by atoms with Crippen LogP contribution in [0.4, 0.5) is 0 Å². The maximum Gasteiger partial charge on any atom is 0.250 e. The number of hydrogen-bond acceptors (Lipinski definition) is 4. The van der Waals surface area contributed by atoms with E-state index in [9.17, 15) is 8.42 Å². The Hall–Kier alpha value is -0.140. The molecule has 0 aliphatic rings. The van der Waals surface area contributed by atoms with Crippen LogP contribution in [-0.2, 0) is 10.0 Å². The van der Waals surface area contributed by atoms with Gasteiger partial charge in [-0.25, -0.2) is 13.1 Å². The van der Waals surface area contributed by atoms with Gasteiger partial charge in [0.2, 0.25) is 10.0 Å². The van der Waals surface area contributed by atoms with Crippen molar-refractivity contribution in [2.75, 3.05) is 6.61 Å². The van der Waals surface area contributed by atoms with Crippen molar-refractivity contribution in [1.82, 2.24) is 4.72 Å². The van der Waals surface area contributed by atoms with Crippen LogP contribution in [0.1, 0.15) is 13.8 Å². The third-order valence-electron chi connectivity index (χ3n) is 2.12. The topological polar surface area (TPSA) is 66.4 Å². The number of aliphatic hydroxyl groups excluding tert-OH is 1. The van der Waals surface area contributed by atoms with Gasteiger partial charge in [-0.15, -0.1) is 11.3 Å². The SMILES string of the molecule is CC(C)[C@H](CO)NS(=O)(=O)c1ccc(Cl)s1. The zero-order valence-electron chi connectivity index (χ0n) is 8.97. The van der Waals surface area contributed by atoms with E-state index in [0.717, 1.165) is 11.3 Å². The molecule has 7 heteroatoms. The highest BCUT2D eigenvalue weighted by molar-refractivity contribution is 7.91. The monoisotopic (exact) mass is 283 g/mol. The summed E-state index contributed by atoms with van der Waals surface area (Å²) in [7, 11) is -3.57. The number of aliphatic hydroxyl groups is 1. The standard InChI is InChI=1S/C9H14ClNO3S2/c1-6(2)7(5-12)11-16(13,14)9-4-3-8(10)15-9/h3-4,6-7,11-12H,5H2,1-2H3/t7-/m0/s1. The summed E-state index contributed by atoms with van der Waals surface area (Å²) in [5.74, 6) is 0.0233. The van der Waals surface area contributed by atoms with E-state index in [-0.39, 0.29) is 16.7 Å². The lowest BCUT2D eigenvalue weighted by Crippen LogP contribution is -2.40. The summed E-state index contributed by atoms with van der Waals surface area (Å²) in [4.78, 5) is 0. The molecule has 0 radical (unpaired) electrons. The van der Waals surface area contributed by atoms with E-state index >= 15 is 0 Å². The first-order chi connectivity index (χ1) is 7.36. The third-order valence-corrected chi connectivity index (χ3v) is 5.33. The van der Waals surface area contributed by atoms with Crippen molar-refractivity contribution >= 4 is 33.0 Å². The van der Waals surface area contributed by atoms with E-state index in [4.69, 9.17) is 16.7 Å². The van der Waals surface area contributed by atoms with Crippen LogP contribution in [0.15, 0.2) is 16.3 Å². The molecule has 16 heavy (non-hydrogen) atoms. The molecule has 0 saturated carbocycles. The van der Waals surface area contributed by atoms with Crippen molar-refractivity contribution in [3.8, 4) is 0 Å². The van der Waals surface area contributed by atoms with Gasteiger partial charge in [-0.05, 0) is 18.1 Å². The average molecular weight is 284 g/mol. The molecule has 1 atom stereocenters. The molecule has 1 aromatic rings. The number of halogens is 1. The summed E-state index contributed by atoms with van der Waals surface area (Å²) in [6.45, 7) is 3.45. The molecule has 0 aromatic carbocycles. The molecule has 0 spiro atoms. The fourth-order valence-electron chi connectivity index (χ4n) is 1.08. The van der Waals surface area contributed by atoms with E-state index in [0.29, 0.717) is 4.34 Å². The van der Waals surface area contributed by atoms with Gasteiger partial charge in [-0.2, -0.15) is 0 Å². The Balaban J connectivity index is 2.87. The first kappa shape index (κ1) is 13.9. The van der Waals surface area contributed by atoms with Crippen LogP contribution in [0, 0.1) is 5.92 Å². The lowest BCUT2D eigenvalue weighted by molar-refractivity contribution is 0.228. The maximum absolute atomic E-state index is 11.8. The molecule has 0 aliphatic heterocycles. The molecule has 2 N–H and O–H groups in total. The molecule has 92 valence electrons. The van der Waals surface area contributed by atoms with E-state index in [1.807, 2.05) is 13.8 Å². The molecular weight excluding hydrogens is 270 g/mol. The van der Waals surface area contributed by atoms with Crippen LogP contribution in [0.5, 0.6) is 0 Å². The predicted molar refractivity (Wildman–Crippen MR) is 65.4 cm³/mol. The first-order valence-electron chi connectivity index (χ1n) is 4.75. The zero-order valence-corrected chi connectivity index (χ0v) is 11.4. The molecular formula is C9H14ClNO3S2. The van der Waals surface area contributed by atoms with Crippen molar-refractivity contribution < 1.29 is 13.5 Å². The van der Waals surface area contributed by atoms with Crippen molar-refractivity contribution in [1.29, 1.82) is 0 Å². The molecule has 0 amide bonds. The van der Waals surface area contributed by atoms with Crippen LogP contribution in [0.25, 0.3) is 0 Å². The fraction of sp³-hybridized carbons (Fsp3) is 0.556. The Morgan fingerprint density at radius 1 is 1.50 bits per heavy atom. The lowest BCUT2D eigenvalue weighted by atomic mass is 10.1. The van der Waals surface area contributed by atoms with E-state index in [1.165, 1.54) is 12.1 Å². The van der Waals surface area contributed by atoms with Crippen molar-refractivity contribution in [2.24, 2.45) is 5.92 Å². The smallest absolute Gasteiger partial charge is 0.250 e. The van der Waals surface area contributed by atoms with Crippen LogP contribution in [0.2, 0.25) is 4.34 Å². The van der Waals surface area contributed by atoms with Gasteiger partial charge in [0.1, 0.15) is 4.21 Å². The summed E-state index contributed by atoms with van der Waals surface area (Å²) in [6, 6.07) is 2.50. The fourth-order valence-corrected chi connectivity index (χ4v) is 3.96. The Kier molecular flexibility index (Phi) is 4.75. The summed E-state index contributed by atoms with van der Waals surface area (Å²) in [6.07, 6.45) is 0. The second kappa shape index (κ2) is 5.46. The number of thiophene rings is 1. The largest absolute Gasteiger partial charge is 0.395 e. The minimum Gasteiger partial charge on any atom is -0.395 e. The number of nitrogens with one attached hydrogen (secondary N) is 1. The van der Waals surface area contributed by atoms with Gasteiger partial charge in [0.15, 0.2) is 0 Å². The van der Waals surface area contributed by atoms with Gasteiger partial charge in [0.25, 0.3) is 0 Å². The first-order valence-corrected chi connectivity index (χ1v) is 7.43. The number of hydrogen-bond donors (Lipinski definition) is 2. The Labute approximate surface area is 104 Å². The second-order valence-corrected chi connectivity index (χ2v) is 7.37. The lowest BCUT2D eigenvalue weighted by Gasteiger charge is -2.19. The van der Waals surface area contributed by atoms with Gasteiger partial charge in [0, 0.05) is 6.04 Å². The second-order valence-electron chi connectivity index (χ2n) is 3.71. The quantitative estimate of drug-likeness (QED) is 0.864. The van der Waals surface area contributed by atoms with E-state index in [1.54, 1.807) is 0 Å². The van der Waals surface area contributed by atoms with Crippen LogP contribution in [-0.4, -0.2) is 26.2 Å². The Morgan fingerprint density at radius 3 is 2.50 bits per heavy atom. The molecule has 1 rings (SSSR count). The minimum absolute atomic E-state index is 0.0233. The van der Waals surface area contributed by atoms with Gasteiger partial charge in [0.05, 0.1) is 10.9 Å². The zero-order chi connectivity index (χ0) is 12.3. The van der Waals surface area contributed by atoms with Crippen LogP contribution >= 0.6 is 22.9 Å². The predicted octanol–water partition coefficient (Wildman–Crippen LogP) is 1.70. The molecule has 0 fully saturated rings. The number of rotatable bonds is 5. The van der Waals surface area contributed by atoms with Gasteiger partial charge >= 0.3 is 0 Å². The molecule has 0 aliphatic carbocycles. The van der Waals surface area contributed by atoms with Crippen LogP contribution < -0.4 is 4.72 Å². The molecule has 4 nitrogen and oxygen atoms in total. The highest BCUT2D eigenvalue weighted by Crippen LogP contribution is 2.25. The molecule has 0 saturated heterocycles. The maximum atomic E-state index is 11.8. The number of sulfonamides is 1. The Bertz CT molecular complexity index is 441. The van der Waals surface area contributed by atoms with Crippen molar-refractivity contribution in [3.05, 3.63) is 16.5 Å². The van der Waals surface area contributed by atoms with E-state index < -0.39 is 16.1 Å². The summed E-state index contributed by atoms with van der Waals surface area (Å²) in [5, 5.41) is 9.06. The van der Waals surface area contributed by atoms with Crippen LogP contribution in [0.3, 0.4) is 0 Å². The van der Waals surface area contributed by atoms with Gasteiger partial charge in [-0.3, -0.25) is 0 Å². The van der Waals surface area contributed by atoms with Gasteiger partial charge < -0.3 is 5.11 Å². The van der Waals surface area contributed by atoms with Crippen molar-refractivity contribution in [3.63, 3.8) is 0 Å². The molecule has 1 heterocycles. The summed E-state index contributed by atoms with van der Waals surface area (Å²) >= 11 is 6.67. The Morgan fingerprint density at radius 2 is 2.12 bits per heavy atom.